The van der Waals surface area contributed by atoms with Crippen LogP contribution < -0.4 is 9.64 Å². The van der Waals surface area contributed by atoms with Crippen molar-refractivity contribution >= 4 is 66.7 Å². The highest BCUT2D eigenvalue weighted by Crippen LogP contribution is 2.60. The number of ether oxygens (including phenoxy) is 1. The summed E-state index contributed by atoms with van der Waals surface area (Å²) in [5.41, 5.74) is 0.456. The van der Waals surface area contributed by atoms with Gasteiger partial charge in [-0.1, -0.05) is 44.0 Å². The highest BCUT2D eigenvalue weighted by Gasteiger charge is 2.66. The number of benzene rings is 1. The van der Waals surface area contributed by atoms with E-state index in [9.17, 15) is 14.4 Å². The van der Waals surface area contributed by atoms with Gasteiger partial charge >= 0.3 is 5.97 Å². The Bertz CT molecular complexity index is 946. The minimum Gasteiger partial charge on any atom is -0.422 e. The van der Waals surface area contributed by atoms with Gasteiger partial charge in [0, 0.05) is 15.7 Å². The Kier molecular flexibility index (Phi) is 4.48. The molecule has 2 amide bonds. The molecule has 144 valence electrons. The van der Waals surface area contributed by atoms with Crippen molar-refractivity contribution in [3.63, 3.8) is 0 Å². The number of fused-ring (bicyclic) bond motifs is 5. The molecule has 1 aliphatic heterocycles. The number of carbonyl (C=O) groups is 3. The number of amides is 2. The molecule has 1 saturated heterocycles. The largest absolute Gasteiger partial charge is 0.422 e. The molecule has 8 heteroatoms. The number of carbonyl (C=O) groups excluding carboxylic acids is 3. The van der Waals surface area contributed by atoms with Crippen LogP contribution in [0.4, 0.5) is 5.69 Å². The van der Waals surface area contributed by atoms with Crippen LogP contribution in [-0.4, -0.2) is 27.4 Å². The normalized spacial score (nSPS) is 33.4. The van der Waals surface area contributed by atoms with Gasteiger partial charge in [-0.25, -0.2) is 9.69 Å². The first-order chi connectivity index (χ1) is 13.5. The fourth-order valence-corrected chi connectivity index (χ4v) is 7.31. The molecule has 2 heterocycles. The van der Waals surface area contributed by atoms with Crippen molar-refractivity contribution in [2.75, 3.05) is 4.90 Å². The molecule has 28 heavy (non-hydrogen) atoms. The molecular weight excluding hydrogens is 510 g/mol. The van der Waals surface area contributed by atoms with Crippen molar-refractivity contribution < 1.29 is 19.1 Å². The maximum atomic E-state index is 13.1. The molecule has 1 aromatic carbocycles. The summed E-state index contributed by atoms with van der Waals surface area (Å²) in [5, 5.41) is 1.80. The van der Waals surface area contributed by atoms with Crippen LogP contribution in [-0.2, 0) is 9.59 Å². The lowest BCUT2D eigenvalue weighted by atomic mass is 9.81. The molecule has 6 atom stereocenters. The summed E-state index contributed by atoms with van der Waals surface area (Å²) < 4.78 is 5.42. The number of hydrogen-bond donors (Lipinski definition) is 0. The van der Waals surface area contributed by atoms with Gasteiger partial charge in [0.05, 0.1) is 17.5 Å². The Morgan fingerprint density at radius 3 is 2.32 bits per heavy atom. The number of imide groups is 1. The molecule has 5 nitrogen and oxygen atoms in total. The number of halogens is 2. The Labute approximate surface area is 182 Å². The number of rotatable bonds is 3. The van der Waals surface area contributed by atoms with E-state index in [1.807, 2.05) is 0 Å². The Balaban J connectivity index is 1.42. The number of hydrogen-bond acceptors (Lipinski definition) is 5. The van der Waals surface area contributed by atoms with E-state index < -0.39 is 5.97 Å². The summed E-state index contributed by atoms with van der Waals surface area (Å²) in [6.07, 6.45) is 0.894. The highest BCUT2D eigenvalue weighted by molar-refractivity contribution is 9.12. The molecule has 2 aliphatic carbocycles. The Morgan fingerprint density at radius 2 is 1.71 bits per heavy atom. The zero-order valence-electron chi connectivity index (χ0n) is 14.5. The fraction of sp³-hybridized carbons (Fsp3) is 0.350. The smallest absolute Gasteiger partial charge is 0.353 e. The lowest BCUT2D eigenvalue weighted by Gasteiger charge is -2.28. The maximum absolute atomic E-state index is 13.1. The molecule has 2 aromatic rings. The van der Waals surface area contributed by atoms with Gasteiger partial charge in [0.25, 0.3) is 0 Å². The van der Waals surface area contributed by atoms with Crippen molar-refractivity contribution in [3.8, 4) is 5.75 Å². The van der Waals surface area contributed by atoms with Gasteiger partial charge < -0.3 is 4.74 Å². The molecule has 2 bridgehead atoms. The SMILES string of the molecule is O=C(Oc1cccc(N2C(=O)C3C4CC(C(Br)C4Br)C3C2=O)c1)c1cccs1. The van der Waals surface area contributed by atoms with Gasteiger partial charge in [0.2, 0.25) is 11.8 Å². The van der Waals surface area contributed by atoms with Crippen molar-refractivity contribution in [1.82, 2.24) is 0 Å². The highest BCUT2D eigenvalue weighted by atomic mass is 79.9. The van der Waals surface area contributed by atoms with Crippen molar-refractivity contribution in [2.45, 2.75) is 16.1 Å². The van der Waals surface area contributed by atoms with E-state index in [2.05, 4.69) is 31.9 Å². The van der Waals surface area contributed by atoms with Gasteiger partial charge in [0.1, 0.15) is 10.6 Å². The van der Waals surface area contributed by atoms with Crippen LogP contribution in [0.1, 0.15) is 16.1 Å². The van der Waals surface area contributed by atoms with E-state index in [4.69, 9.17) is 4.74 Å². The van der Waals surface area contributed by atoms with Crippen molar-refractivity contribution in [1.29, 1.82) is 0 Å². The van der Waals surface area contributed by atoms with Crippen LogP contribution in [0.25, 0.3) is 0 Å². The first-order valence-electron chi connectivity index (χ1n) is 8.99. The minimum atomic E-state index is -0.453. The minimum absolute atomic E-state index is 0.145. The van der Waals surface area contributed by atoms with E-state index in [0.717, 1.165) is 6.42 Å². The van der Waals surface area contributed by atoms with E-state index >= 15 is 0 Å². The van der Waals surface area contributed by atoms with E-state index in [0.29, 0.717) is 16.3 Å². The monoisotopic (exact) mass is 523 g/mol. The molecule has 5 rings (SSSR count). The average molecular weight is 525 g/mol. The second-order valence-electron chi connectivity index (χ2n) is 7.38. The van der Waals surface area contributed by atoms with Crippen LogP contribution in [0.2, 0.25) is 0 Å². The summed E-state index contributed by atoms with van der Waals surface area (Å²) in [6, 6.07) is 10.1. The maximum Gasteiger partial charge on any atom is 0.353 e. The molecular formula is C20H15Br2NO4S. The predicted molar refractivity (Wildman–Crippen MR) is 112 cm³/mol. The number of anilines is 1. The summed E-state index contributed by atoms with van der Waals surface area (Å²) in [4.78, 5) is 40.6. The number of nitrogens with zero attached hydrogens (tertiary/aromatic N) is 1. The summed E-state index contributed by atoms with van der Waals surface area (Å²) >= 11 is 8.68. The Morgan fingerprint density at radius 1 is 1.04 bits per heavy atom. The number of alkyl halides is 2. The topological polar surface area (TPSA) is 63.7 Å². The van der Waals surface area contributed by atoms with Crippen molar-refractivity contribution in [3.05, 3.63) is 46.7 Å². The number of thiophene rings is 1. The first kappa shape index (κ1) is 18.5. The molecule has 1 aromatic heterocycles. The van der Waals surface area contributed by atoms with Crippen LogP contribution in [0.15, 0.2) is 41.8 Å². The molecule has 0 radical (unpaired) electrons. The summed E-state index contributed by atoms with van der Waals surface area (Å²) in [6.45, 7) is 0. The zero-order chi connectivity index (χ0) is 19.6. The molecule has 0 spiro atoms. The lowest BCUT2D eigenvalue weighted by Crippen LogP contribution is -2.37. The lowest BCUT2D eigenvalue weighted by molar-refractivity contribution is -0.123. The van der Waals surface area contributed by atoms with E-state index in [1.54, 1.807) is 41.8 Å². The average Bonchev–Trinajstić information content (AvgIpc) is 3.43. The van der Waals surface area contributed by atoms with Crippen LogP contribution in [0.5, 0.6) is 5.75 Å². The molecule has 3 fully saturated rings. The van der Waals surface area contributed by atoms with Gasteiger partial charge in [-0.3, -0.25) is 9.59 Å². The zero-order valence-corrected chi connectivity index (χ0v) is 18.4. The Hall–Kier alpha value is -1.51. The molecule has 2 saturated carbocycles. The second kappa shape index (κ2) is 6.78. The fourth-order valence-electron chi connectivity index (χ4n) is 4.84. The van der Waals surface area contributed by atoms with Gasteiger partial charge in [-0.15, -0.1) is 11.3 Å². The number of esters is 1. The van der Waals surface area contributed by atoms with E-state index in [-0.39, 0.29) is 45.1 Å². The van der Waals surface area contributed by atoms with Gasteiger partial charge in [-0.05, 0) is 41.8 Å². The molecule has 6 unspecified atom stereocenters. The quantitative estimate of drug-likeness (QED) is 0.260. The third-order valence-electron chi connectivity index (χ3n) is 6.00. The second-order valence-corrected chi connectivity index (χ2v) is 10.4. The predicted octanol–water partition coefficient (Wildman–Crippen LogP) is 4.25. The standard InChI is InChI=1S/C20H15Br2NO4S/c21-16-11-8-12(17(16)22)15-14(11)18(24)23(19(15)25)9-3-1-4-10(7-9)27-20(26)13-5-2-6-28-13/h1-7,11-12,14-17H,8H2. The third kappa shape index (κ3) is 2.64. The summed E-state index contributed by atoms with van der Waals surface area (Å²) in [5.74, 6) is -0.637. The van der Waals surface area contributed by atoms with Gasteiger partial charge in [-0.2, -0.15) is 0 Å². The van der Waals surface area contributed by atoms with Crippen LogP contribution in [0, 0.1) is 23.7 Å². The van der Waals surface area contributed by atoms with Crippen LogP contribution in [0.3, 0.4) is 0 Å². The third-order valence-corrected chi connectivity index (χ3v) is 10.1. The van der Waals surface area contributed by atoms with E-state index in [1.165, 1.54) is 16.2 Å². The molecule has 3 aliphatic rings. The molecule has 0 N–H and O–H groups in total. The summed E-state index contributed by atoms with van der Waals surface area (Å²) in [7, 11) is 0. The van der Waals surface area contributed by atoms with Crippen LogP contribution >= 0.6 is 43.2 Å². The van der Waals surface area contributed by atoms with Gasteiger partial charge in [0.15, 0.2) is 0 Å². The first-order valence-corrected chi connectivity index (χ1v) is 11.7. The van der Waals surface area contributed by atoms with Crippen molar-refractivity contribution in [2.24, 2.45) is 23.7 Å².